The Morgan fingerprint density at radius 1 is 1.42 bits per heavy atom. The van der Waals surface area contributed by atoms with Crippen molar-refractivity contribution >= 4 is 15.9 Å². The lowest BCUT2D eigenvalue weighted by Crippen LogP contribution is -2.42. The predicted octanol–water partition coefficient (Wildman–Crippen LogP) is 1.53. The number of hydrogen-bond acceptors (Lipinski definition) is 3. The summed E-state index contributed by atoms with van der Waals surface area (Å²) in [5.74, 6) is 0.412. The van der Waals surface area contributed by atoms with E-state index in [-0.39, 0.29) is 0 Å². The van der Waals surface area contributed by atoms with E-state index < -0.39 is 10.2 Å². The normalized spacial score (nSPS) is 21.3. The van der Waals surface area contributed by atoms with Gasteiger partial charge in [-0.25, -0.2) is 0 Å². The Hall–Kier alpha value is -1.11. The van der Waals surface area contributed by atoms with Crippen molar-refractivity contribution in [2.45, 2.75) is 26.3 Å². The van der Waals surface area contributed by atoms with Crippen molar-refractivity contribution in [3.8, 4) is 0 Å². The summed E-state index contributed by atoms with van der Waals surface area (Å²) in [7, 11) is -3.47. The molecule has 1 atom stereocenters. The summed E-state index contributed by atoms with van der Waals surface area (Å²) in [5, 5.41) is 0. The molecule has 1 saturated heterocycles. The molecule has 1 aliphatic heterocycles. The summed E-state index contributed by atoms with van der Waals surface area (Å²) in [5.41, 5.74) is 7.00. The molecule has 0 bridgehead atoms. The smallest absolute Gasteiger partial charge is 0.301 e. The van der Waals surface area contributed by atoms with Crippen LogP contribution < -0.4 is 10.5 Å². The zero-order valence-corrected chi connectivity index (χ0v) is 12.0. The molecule has 2 rings (SSSR count). The van der Waals surface area contributed by atoms with Crippen molar-refractivity contribution in [3.05, 3.63) is 29.8 Å². The topological polar surface area (TPSA) is 75.4 Å². The molecular formula is C13H21N3O2S. The average Bonchev–Trinajstić information content (AvgIpc) is 2.39. The van der Waals surface area contributed by atoms with E-state index in [4.69, 9.17) is 5.73 Å². The van der Waals surface area contributed by atoms with Gasteiger partial charge in [0, 0.05) is 19.6 Å². The highest BCUT2D eigenvalue weighted by atomic mass is 32.2. The van der Waals surface area contributed by atoms with Gasteiger partial charge in [-0.05, 0) is 30.4 Å². The van der Waals surface area contributed by atoms with Gasteiger partial charge in [0.2, 0.25) is 0 Å². The van der Waals surface area contributed by atoms with Crippen LogP contribution in [0.2, 0.25) is 0 Å². The maximum Gasteiger partial charge on any atom is 0.301 e. The van der Waals surface area contributed by atoms with Crippen molar-refractivity contribution in [3.63, 3.8) is 0 Å². The van der Waals surface area contributed by atoms with Crippen LogP contribution in [0.25, 0.3) is 0 Å². The van der Waals surface area contributed by atoms with Crippen LogP contribution in [0.3, 0.4) is 0 Å². The summed E-state index contributed by atoms with van der Waals surface area (Å²) >= 11 is 0. The van der Waals surface area contributed by atoms with Crippen molar-refractivity contribution in [2.24, 2.45) is 11.7 Å². The molecule has 0 saturated carbocycles. The number of nitrogens with one attached hydrogen (secondary N) is 1. The molecule has 0 spiro atoms. The van der Waals surface area contributed by atoms with Gasteiger partial charge in [0.25, 0.3) is 0 Å². The Kier molecular flexibility index (Phi) is 4.44. The molecule has 0 radical (unpaired) electrons. The molecular weight excluding hydrogens is 262 g/mol. The van der Waals surface area contributed by atoms with E-state index >= 15 is 0 Å². The number of hydrogen-bond donors (Lipinski definition) is 2. The van der Waals surface area contributed by atoms with Gasteiger partial charge in [-0.15, -0.1) is 0 Å². The number of anilines is 1. The maximum absolute atomic E-state index is 12.3. The Morgan fingerprint density at radius 2 is 2.16 bits per heavy atom. The molecule has 19 heavy (non-hydrogen) atoms. The largest absolute Gasteiger partial charge is 0.326 e. The minimum Gasteiger partial charge on any atom is -0.326 e. The summed E-state index contributed by atoms with van der Waals surface area (Å²) in [6, 6.07) is 7.22. The van der Waals surface area contributed by atoms with Gasteiger partial charge in [-0.2, -0.15) is 12.7 Å². The van der Waals surface area contributed by atoms with Gasteiger partial charge in [-0.1, -0.05) is 25.1 Å². The lowest BCUT2D eigenvalue weighted by atomic mass is 10.0. The van der Waals surface area contributed by atoms with E-state index in [2.05, 4.69) is 11.6 Å². The quantitative estimate of drug-likeness (QED) is 0.880. The summed E-state index contributed by atoms with van der Waals surface area (Å²) < 4.78 is 28.9. The van der Waals surface area contributed by atoms with Crippen LogP contribution in [-0.2, 0) is 16.8 Å². The number of benzene rings is 1. The highest BCUT2D eigenvalue weighted by molar-refractivity contribution is 7.90. The van der Waals surface area contributed by atoms with Gasteiger partial charge in [0.1, 0.15) is 0 Å². The van der Waals surface area contributed by atoms with E-state index in [0.29, 0.717) is 31.2 Å². The molecule has 5 nitrogen and oxygen atoms in total. The molecule has 1 heterocycles. The van der Waals surface area contributed by atoms with Crippen molar-refractivity contribution in [1.29, 1.82) is 0 Å². The SMILES string of the molecule is CC1CCCN(S(=O)(=O)Nc2ccccc2CN)C1. The van der Waals surface area contributed by atoms with Gasteiger partial charge in [0.05, 0.1) is 5.69 Å². The fourth-order valence-corrected chi connectivity index (χ4v) is 3.79. The molecule has 6 heteroatoms. The monoisotopic (exact) mass is 283 g/mol. The highest BCUT2D eigenvalue weighted by Crippen LogP contribution is 2.21. The van der Waals surface area contributed by atoms with E-state index in [0.717, 1.165) is 18.4 Å². The second-order valence-corrected chi connectivity index (χ2v) is 6.74. The van der Waals surface area contributed by atoms with Crippen molar-refractivity contribution < 1.29 is 8.42 Å². The third-order valence-electron chi connectivity index (χ3n) is 3.44. The fraction of sp³-hybridized carbons (Fsp3) is 0.538. The second kappa shape index (κ2) is 5.90. The van der Waals surface area contributed by atoms with Crippen LogP contribution in [0.5, 0.6) is 0 Å². The molecule has 1 aromatic rings. The minimum absolute atomic E-state index is 0.315. The van der Waals surface area contributed by atoms with Crippen LogP contribution in [0.15, 0.2) is 24.3 Å². The Balaban J connectivity index is 2.16. The van der Waals surface area contributed by atoms with Gasteiger partial charge in [-0.3, -0.25) is 4.72 Å². The second-order valence-electron chi connectivity index (χ2n) is 5.07. The first-order valence-electron chi connectivity index (χ1n) is 6.59. The maximum atomic E-state index is 12.3. The number of nitrogens with zero attached hydrogens (tertiary/aromatic N) is 1. The van der Waals surface area contributed by atoms with Crippen molar-refractivity contribution in [2.75, 3.05) is 17.8 Å². The van der Waals surface area contributed by atoms with Crippen LogP contribution in [0, 0.1) is 5.92 Å². The molecule has 1 fully saturated rings. The summed E-state index contributed by atoms with van der Waals surface area (Å²) in [4.78, 5) is 0. The first kappa shape index (κ1) is 14.3. The molecule has 0 aromatic heterocycles. The van der Waals surface area contributed by atoms with Gasteiger partial charge in [0.15, 0.2) is 0 Å². The Morgan fingerprint density at radius 3 is 2.84 bits per heavy atom. The molecule has 1 aromatic carbocycles. The number of para-hydroxylation sites is 1. The number of piperidine rings is 1. The van der Waals surface area contributed by atoms with E-state index in [1.165, 1.54) is 4.31 Å². The first-order valence-corrected chi connectivity index (χ1v) is 8.03. The van der Waals surface area contributed by atoms with Crippen LogP contribution >= 0.6 is 0 Å². The Bertz CT molecular complexity index is 530. The lowest BCUT2D eigenvalue weighted by Gasteiger charge is -2.30. The molecule has 1 aliphatic rings. The van der Waals surface area contributed by atoms with E-state index in [1.807, 2.05) is 12.1 Å². The molecule has 1 unspecified atom stereocenters. The first-order chi connectivity index (χ1) is 9.03. The van der Waals surface area contributed by atoms with Crippen molar-refractivity contribution in [1.82, 2.24) is 4.31 Å². The molecule has 0 aliphatic carbocycles. The third kappa shape index (κ3) is 3.46. The van der Waals surface area contributed by atoms with Crippen LogP contribution in [0.1, 0.15) is 25.3 Å². The number of nitrogens with two attached hydrogens (primary N) is 1. The number of rotatable bonds is 4. The van der Waals surface area contributed by atoms with Crippen LogP contribution in [-0.4, -0.2) is 25.8 Å². The zero-order valence-electron chi connectivity index (χ0n) is 11.2. The molecule has 0 amide bonds. The molecule has 3 N–H and O–H groups in total. The molecule has 106 valence electrons. The third-order valence-corrected chi connectivity index (χ3v) is 4.93. The van der Waals surface area contributed by atoms with Gasteiger partial charge < -0.3 is 5.73 Å². The summed E-state index contributed by atoms with van der Waals surface area (Å²) in [6.07, 6.45) is 2.01. The average molecular weight is 283 g/mol. The standard InChI is InChI=1S/C13H21N3O2S/c1-11-5-4-8-16(10-11)19(17,18)15-13-7-3-2-6-12(13)9-14/h2-3,6-7,11,15H,4-5,8-10,14H2,1H3. The van der Waals surface area contributed by atoms with E-state index in [9.17, 15) is 8.42 Å². The van der Waals surface area contributed by atoms with Gasteiger partial charge >= 0.3 is 10.2 Å². The van der Waals surface area contributed by atoms with E-state index in [1.54, 1.807) is 12.1 Å². The minimum atomic E-state index is -3.47. The highest BCUT2D eigenvalue weighted by Gasteiger charge is 2.27. The van der Waals surface area contributed by atoms with Crippen LogP contribution in [0.4, 0.5) is 5.69 Å². The summed E-state index contributed by atoms with van der Waals surface area (Å²) in [6.45, 7) is 3.56. The fourth-order valence-electron chi connectivity index (χ4n) is 2.37. The zero-order chi connectivity index (χ0) is 13.9. The Labute approximate surface area is 115 Å². The predicted molar refractivity (Wildman–Crippen MR) is 76.8 cm³/mol. The lowest BCUT2D eigenvalue weighted by molar-refractivity contribution is 0.282.